The van der Waals surface area contributed by atoms with Crippen LogP contribution in [0.1, 0.15) is 39.5 Å². The number of aliphatic hydroxyl groups is 1. The smallest absolute Gasteiger partial charge is 0.412 e. The number of ether oxygens (including phenoxy) is 4. The van der Waals surface area contributed by atoms with E-state index >= 15 is 0 Å². The molecule has 2 aliphatic heterocycles. The van der Waals surface area contributed by atoms with Crippen molar-refractivity contribution in [2.45, 2.75) is 57.4 Å². The summed E-state index contributed by atoms with van der Waals surface area (Å²) in [6, 6.07) is 5.51. The molecule has 4 atom stereocenters. The highest BCUT2D eigenvalue weighted by atomic mass is 16.8. The Morgan fingerprint density at radius 3 is 2.84 bits per heavy atom. The van der Waals surface area contributed by atoms with Crippen LogP contribution >= 0.6 is 0 Å². The summed E-state index contributed by atoms with van der Waals surface area (Å²) in [6.07, 6.45) is -1.48. The summed E-state index contributed by atoms with van der Waals surface area (Å²) in [7, 11) is 0. The fraction of sp³-hybridized carbons (Fsp3) is 0.600. The number of amides is 1. The molecule has 1 amide bonds. The summed E-state index contributed by atoms with van der Waals surface area (Å²) >= 11 is 0. The van der Waals surface area contributed by atoms with Gasteiger partial charge in [-0.15, -0.1) is 0 Å². The maximum absolute atomic E-state index is 12.1. The predicted octanol–water partition coefficient (Wildman–Crippen LogP) is 1.78. The number of aromatic nitrogens is 3. The molecule has 2 fully saturated rings. The van der Waals surface area contributed by atoms with Crippen molar-refractivity contribution < 1.29 is 28.8 Å². The third-order valence-corrected chi connectivity index (χ3v) is 5.19. The van der Waals surface area contributed by atoms with Crippen molar-refractivity contribution in [3.63, 3.8) is 0 Å². The number of carbonyl (C=O) groups excluding carboxylic acids is 1. The summed E-state index contributed by atoms with van der Waals surface area (Å²) in [4.78, 5) is 16.2. The number of nitrogens with zero attached hydrogens (tertiary/aromatic N) is 4. The van der Waals surface area contributed by atoms with Crippen molar-refractivity contribution >= 4 is 17.4 Å². The second kappa shape index (κ2) is 7.72. The molecule has 31 heavy (non-hydrogen) atoms. The van der Waals surface area contributed by atoms with Crippen LogP contribution in [0.4, 0.5) is 10.6 Å². The van der Waals surface area contributed by atoms with Crippen LogP contribution in [0, 0.1) is 17.2 Å². The third-order valence-electron chi connectivity index (χ3n) is 5.19. The minimum absolute atomic E-state index is 0.202. The van der Waals surface area contributed by atoms with Crippen molar-refractivity contribution in [3.8, 4) is 6.07 Å². The number of rotatable bonds is 5. The third kappa shape index (κ3) is 3.72. The van der Waals surface area contributed by atoms with Crippen LogP contribution in [0.2, 0.25) is 0 Å². The monoisotopic (exact) mass is 431 g/mol. The van der Waals surface area contributed by atoms with Crippen LogP contribution in [0.5, 0.6) is 0 Å². The largest absolute Gasteiger partial charge is 0.449 e. The molecular formula is C20H25N5O6. The molecule has 0 saturated carbocycles. The first-order valence-corrected chi connectivity index (χ1v) is 10.0. The van der Waals surface area contributed by atoms with E-state index < -0.39 is 42.4 Å². The minimum Gasteiger partial charge on any atom is -0.449 e. The molecule has 0 aromatic carbocycles. The van der Waals surface area contributed by atoms with E-state index in [1.54, 1.807) is 30.5 Å². The van der Waals surface area contributed by atoms with E-state index in [0.29, 0.717) is 11.2 Å². The van der Waals surface area contributed by atoms with Gasteiger partial charge in [0.05, 0.1) is 18.9 Å². The molecule has 4 heterocycles. The summed E-state index contributed by atoms with van der Waals surface area (Å²) in [5.74, 6) is -0.473. The second-order valence-corrected chi connectivity index (χ2v) is 8.50. The second-order valence-electron chi connectivity index (χ2n) is 8.50. The highest BCUT2D eigenvalue weighted by molar-refractivity contribution is 5.88. The van der Waals surface area contributed by atoms with E-state index in [1.807, 2.05) is 19.9 Å². The van der Waals surface area contributed by atoms with Crippen LogP contribution in [0.15, 0.2) is 18.5 Å². The van der Waals surface area contributed by atoms with Crippen LogP contribution in [0.3, 0.4) is 0 Å². The molecule has 2 saturated heterocycles. The van der Waals surface area contributed by atoms with Gasteiger partial charge in [-0.05, 0) is 31.9 Å². The molecule has 0 aliphatic carbocycles. The Kier molecular flexibility index (Phi) is 5.35. The number of nitriles is 1. The van der Waals surface area contributed by atoms with Gasteiger partial charge in [-0.2, -0.15) is 10.4 Å². The highest BCUT2D eigenvalue weighted by Gasteiger charge is 2.64. The lowest BCUT2D eigenvalue weighted by atomic mass is 9.96. The van der Waals surface area contributed by atoms with Gasteiger partial charge >= 0.3 is 6.09 Å². The van der Waals surface area contributed by atoms with Crippen molar-refractivity contribution in [3.05, 3.63) is 24.2 Å². The zero-order valence-electron chi connectivity index (χ0n) is 17.7. The minimum atomic E-state index is -1.57. The van der Waals surface area contributed by atoms with Crippen LogP contribution in [-0.2, 0) is 18.9 Å². The van der Waals surface area contributed by atoms with Crippen LogP contribution in [-0.4, -0.2) is 62.6 Å². The van der Waals surface area contributed by atoms with E-state index in [4.69, 9.17) is 18.9 Å². The number of fused-ring (bicyclic) bond motifs is 2. The van der Waals surface area contributed by atoms with Gasteiger partial charge in [0.15, 0.2) is 11.6 Å². The van der Waals surface area contributed by atoms with Gasteiger partial charge in [-0.1, -0.05) is 13.8 Å². The van der Waals surface area contributed by atoms with E-state index in [2.05, 4.69) is 15.4 Å². The summed E-state index contributed by atoms with van der Waals surface area (Å²) in [5.41, 5.74) is -0.490. The average molecular weight is 431 g/mol. The van der Waals surface area contributed by atoms with Gasteiger partial charge in [0.25, 0.3) is 0 Å². The first-order chi connectivity index (χ1) is 14.7. The van der Waals surface area contributed by atoms with Gasteiger partial charge in [0, 0.05) is 0 Å². The van der Waals surface area contributed by atoms with Crippen LogP contribution < -0.4 is 5.32 Å². The molecule has 4 rings (SSSR count). The topological polar surface area (TPSA) is 140 Å². The van der Waals surface area contributed by atoms with Crippen molar-refractivity contribution in [2.24, 2.45) is 5.92 Å². The number of anilines is 1. The van der Waals surface area contributed by atoms with Crippen LogP contribution in [0.25, 0.3) is 5.52 Å². The molecule has 0 spiro atoms. The molecule has 2 N–H and O–H groups in total. The first-order valence-electron chi connectivity index (χ1n) is 10.0. The van der Waals surface area contributed by atoms with E-state index in [-0.39, 0.29) is 18.3 Å². The van der Waals surface area contributed by atoms with Crippen molar-refractivity contribution in [1.82, 2.24) is 14.6 Å². The average Bonchev–Trinajstić information content (AvgIpc) is 3.37. The quantitative estimate of drug-likeness (QED) is 0.725. The predicted molar refractivity (Wildman–Crippen MR) is 106 cm³/mol. The van der Waals surface area contributed by atoms with Gasteiger partial charge < -0.3 is 24.1 Å². The molecule has 11 heteroatoms. The Hall–Kier alpha value is -2.78. The fourth-order valence-corrected chi connectivity index (χ4v) is 3.85. The SMILES string of the molecule is CC(C)COC(=O)Nc1ncnn2c([C@@H]3O[C@](C#N)(CO)[C@H]4OC(C)(C)O[C@@H]34)ccc12. The first kappa shape index (κ1) is 21.5. The van der Waals surface area contributed by atoms with E-state index in [9.17, 15) is 15.2 Å². The Morgan fingerprint density at radius 2 is 2.16 bits per heavy atom. The van der Waals surface area contributed by atoms with E-state index in [1.165, 1.54) is 6.33 Å². The molecule has 0 unspecified atom stereocenters. The Labute approximate surface area is 178 Å². The van der Waals surface area contributed by atoms with Crippen molar-refractivity contribution in [1.29, 1.82) is 5.26 Å². The van der Waals surface area contributed by atoms with Gasteiger partial charge in [-0.3, -0.25) is 5.32 Å². The number of carbonyl (C=O) groups is 1. The summed E-state index contributed by atoms with van der Waals surface area (Å²) in [5, 5.41) is 26.5. The highest BCUT2D eigenvalue weighted by Crippen LogP contribution is 2.49. The zero-order valence-corrected chi connectivity index (χ0v) is 17.7. The molecular weight excluding hydrogens is 406 g/mol. The maximum Gasteiger partial charge on any atom is 0.412 e. The van der Waals surface area contributed by atoms with Gasteiger partial charge in [-0.25, -0.2) is 14.3 Å². The molecule has 2 aliphatic rings. The van der Waals surface area contributed by atoms with Gasteiger partial charge in [0.1, 0.15) is 36.2 Å². The lowest BCUT2D eigenvalue weighted by Gasteiger charge is -2.27. The standard InChI is InChI=1S/C20H25N5O6/c1-11(2)7-28-18(27)24-17-13-6-5-12(25(13)23-10-22-17)14-15-16(31-19(3,4)29-15)20(8-21,9-26)30-14/h5-6,10-11,14-16,26H,7,9H2,1-4H3,(H,22,23,24,27)/t14-,15-,16-,20+/m0/s1. The Bertz CT molecular complexity index is 1030. The number of hydrogen-bond donors (Lipinski definition) is 2. The molecule has 2 aromatic rings. The molecule has 11 nitrogen and oxygen atoms in total. The van der Waals surface area contributed by atoms with Crippen molar-refractivity contribution in [2.75, 3.05) is 18.5 Å². The molecule has 0 radical (unpaired) electrons. The molecule has 0 bridgehead atoms. The summed E-state index contributed by atoms with van der Waals surface area (Å²) in [6.45, 7) is 7.09. The summed E-state index contributed by atoms with van der Waals surface area (Å²) < 4.78 is 24.6. The number of nitrogens with one attached hydrogen (secondary N) is 1. The number of hydrogen-bond acceptors (Lipinski definition) is 9. The fourth-order valence-electron chi connectivity index (χ4n) is 3.85. The molecule has 166 valence electrons. The Balaban J connectivity index is 1.66. The lowest BCUT2D eigenvalue weighted by molar-refractivity contribution is -0.205. The van der Waals surface area contributed by atoms with E-state index in [0.717, 1.165) is 0 Å². The number of aliphatic hydroxyl groups excluding tert-OH is 1. The zero-order chi connectivity index (χ0) is 22.4. The Morgan fingerprint density at radius 1 is 1.39 bits per heavy atom. The normalized spacial score (nSPS) is 29.1. The maximum atomic E-state index is 12.1. The molecule has 2 aromatic heterocycles. The lowest BCUT2D eigenvalue weighted by Crippen LogP contribution is -2.45. The van der Waals surface area contributed by atoms with Gasteiger partial charge in [0.2, 0.25) is 5.60 Å².